The number of hydrogen-bond donors (Lipinski definition) is 0. The molecule has 0 N–H and O–H groups in total. The van der Waals surface area contributed by atoms with Gasteiger partial charge in [-0.05, 0) is 0 Å². The van der Waals surface area contributed by atoms with Gasteiger partial charge in [0, 0.05) is 0 Å². The third-order valence-electron chi connectivity index (χ3n) is 0.618. The van der Waals surface area contributed by atoms with Crippen molar-refractivity contribution in [2.24, 2.45) is 0 Å². The summed E-state index contributed by atoms with van der Waals surface area (Å²) in [7, 11) is -0.338. The van der Waals surface area contributed by atoms with E-state index in [1.165, 1.54) is 12.8 Å². The van der Waals surface area contributed by atoms with E-state index in [4.69, 9.17) is 0 Å². The molecule has 2 nitrogen and oxygen atoms in total. The third-order valence-corrected chi connectivity index (χ3v) is 0.853. The summed E-state index contributed by atoms with van der Waals surface area (Å²) in [5.74, 6) is 0. The van der Waals surface area contributed by atoms with Crippen LogP contribution in [0.2, 0.25) is 0 Å². The molecule has 0 aliphatic carbocycles. The fourth-order valence-corrected chi connectivity index (χ4v) is 0.0913. The van der Waals surface area contributed by atoms with Crippen LogP contribution >= 0.6 is 8.69 Å². The monoisotopic (exact) mass is 148 g/mol. The van der Waals surface area contributed by atoms with Crippen LogP contribution in [-0.2, 0) is 9.09 Å². The first kappa shape index (κ1) is 11.4. The van der Waals surface area contributed by atoms with Crippen molar-refractivity contribution < 1.29 is 9.09 Å². The highest BCUT2D eigenvalue weighted by molar-refractivity contribution is 7.17. The second kappa shape index (κ2) is 15.6. The van der Waals surface area contributed by atoms with E-state index in [0.717, 1.165) is 6.26 Å². The van der Waals surface area contributed by atoms with Crippen molar-refractivity contribution >= 4 is 8.69 Å². The van der Waals surface area contributed by atoms with Gasteiger partial charge in [-0.25, -0.2) is 4.57 Å². The van der Waals surface area contributed by atoms with Crippen molar-refractivity contribution in [3.8, 4) is 0 Å². The average Bonchev–Trinajstić information content (AvgIpc) is 1.91. The van der Waals surface area contributed by atoms with E-state index in [9.17, 15) is 4.57 Å². The lowest BCUT2D eigenvalue weighted by Crippen LogP contribution is -1.47. The zero-order valence-electron chi connectivity index (χ0n) is 5.96. The van der Waals surface area contributed by atoms with Gasteiger partial charge < -0.3 is 4.52 Å². The highest BCUT2D eigenvalue weighted by atomic mass is 31.1. The Kier molecular flexibility index (Phi) is 19.9. The van der Waals surface area contributed by atoms with E-state index in [1.54, 1.807) is 0 Å². The standard InChI is InChI=1S/C4H10.C2H3O2P/c1-3-4-2;1-2-4-5-3/h3-4H2,1-2H3;2H,1H2. The second-order valence-electron chi connectivity index (χ2n) is 1.35. The van der Waals surface area contributed by atoms with Crippen molar-refractivity contribution in [3.05, 3.63) is 12.8 Å². The zero-order valence-corrected chi connectivity index (χ0v) is 6.86. The Labute approximate surface area is 58.2 Å². The average molecular weight is 148 g/mol. The van der Waals surface area contributed by atoms with Gasteiger partial charge in [0.1, 0.15) is 0 Å². The van der Waals surface area contributed by atoms with Crippen molar-refractivity contribution in [1.29, 1.82) is 0 Å². The maximum atomic E-state index is 9.21. The molecule has 0 fully saturated rings. The van der Waals surface area contributed by atoms with Gasteiger partial charge in [-0.15, -0.1) is 0 Å². The van der Waals surface area contributed by atoms with Crippen molar-refractivity contribution in [2.45, 2.75) is 26.7 Å². The van der Waals surface area contributed by atoms with Gasteiger partial charge in [0.05, 0.1) is 6.26 Å². The molecule has 0 bridgehead atoms. The van der Waals surface area contributed by atoms with E-state index in [-0.39, 0.29) is 8.69 Å². The third kappa shape index (κ3) is 34.9. The fourth-order valence-electron chi connectivity index (χ4n) is 0.0304. The number of rotatable bonds is 3. The van der Waals surface area contributed by atoms with Gasteiger partial charge >= 0.3 is 8.69 Å². The minimum atomic E-state index is -0.338. The van der Waals surface area contributed by atoms with Crippen LogP contribution in [0.15, 0.2) is 12.8 Å². The van der Waals surface area contributed by atoms with E-state index in [2.05, 4.69) is 25.0 Å². The molecule has 0 spiro atoms. The van der Waals surface area contributed by atoms with Crippen LogP contribution < -0.4 is 0 Å². The van der Waals surface area contributed by atoms with Gasteiger partial charge in [0.25, 0.3) is 0 Å². The first-order chi connectivity index (χ1) is 4.33. The Morgan fingerprint density at radius 2 is 2.00 bits per heavy atom. The summed E-state index contributed by atoms with van der Waals surface area (Å²) in [6.07, 6.45) is 3.74. The molecule has 0 atom stereocenters. The first-order valence-electron chi connectivity index (χ1n) is 2.92. The molecule has 0 amide bonds. The van der Waals surface area contributed by atoms with Gasteiger partial charge in [0.15, 0.2) is 0 Å². The molecule has 0 saturated heterocycles. The largest absolute Gasteiger partial charge is 0.416 e. The predicted molar refractivity (Wildman–Crippen MR) is 39.5 cm³/mol. The topological polar surface area (TPSA) is 26.3 Å². The molecule has 0 aliphatic heterocycles. The Morgan fingerprint density at radius 1 is 1.56 bits per heavy atom. The number of unbranched alkanes of at least 4 members (excludes halogenated alkanes) is 1. The van der Waals surface area contributed by atoms with E-state index in [1.807, 2.05) is 0 Å². The minimum absolute atomic E-state index is 0.338. The highest BCUT2D eigenvalue weighted by Crippen LogP contribution is 1.90. The first-order valence-corrected chi connectivity index (χ1v) is 3.65. The molecule has 0 aromatic carbocycles. The molecule has 0 heterocycles. The molecule has 3 heteroatoms. The fraction of sp³-hybridized carbons (Fsp3) is 0.667. The zero-order chi connectivity index (χ0) is 7.54. The molecular weight excluding hydrogens is 135 g/mol. The van der Waals surface area contributed by atoms with E-state index in [0.29, 0.717) is 0 Å². The molecule has 0 rings (SSSR count). The summed E-state index contributed by atoms with van der Waals surface area (Å²) in [6, 6.07) is 0. The van der Waals surface area contributed by atoms with E-state index >= 15 is 0 Å². The van der Waals surface area contributed by atoms with Crippen LogP contribution in [0, 0.1) is 0 Å². The van der Waals surface area contributed by atoms with E-state index < -0.39 is 0 Å². The van der Waals surface area contributed by atoms with Crippen LogP contribution in [0.1, 0.15) is 26.7 Å². The summed E-state index contributed by atoms with van der Waals surface area (Å²) >= 11 is 0. The summed E-state index contributed by atoms with van der Waals surface area (Å²) in [4.78, 5) is 0. The number of hydrogen-bond acceptors (Lipinski definition) is 2. The summed E-state index contributed by atoms with van der Waals surface area (Å²) in [5, 5.41) is 0. The summed E-state index contributed by atoms with van der Waals surface area (Å²) < 4.78 is 13.2. The van der Waals surface area contributed by atoms with Crippen molar-refractivity contribution in [1.82, 2.24) is 0 Å². The lowest BCUT2D eigenvalue weighted by atomic mass is 10.4. The van der Waals surface area contributed by atoms with Gasteiger partial charge in [0.2, 0.25) is 0 Å². The molecule has 0 aromatic rings. The molecule has 0 aromatic heterocycles. The Morgan fingerprint density at radius 3 is 2.00 bits per heavy atom. The Hall–Kier alpha value is -0.360. The van der Waals surface area contributed by atoms with Crippen molar-refractivity contribution in [3.63, 3.8) is 0 Å². The minimum Gasteiger partial charge on any atom is -0.416 e. The van der Waals surface area contributed by atoms with Crippen LogP contribution in [0.4, 0.5) is 0 Å². The quantitative estimate of drug-likeness (QED) is 0.454. The van der Waals surface area contributed by atoms with Crippen LogP contribution in [0.5, 0.6) is 0 Å². The van der Waals surface area contributed by atoms with Gasteiger partial charge in [-0.1, -0.05) is 33.3 Å². The van der Waals surface area contributed by atoms with Gasteiger partial charge in [-0.2, -0.15) is 0 Å². The Balaban J connectivity index is 0. The molecule has 0 aliphatic rings. The van der Waals surface area contributed by atoms with Gasteiger partial charge in [-0.3, -0.25) is 0 Å². The maximum absolute atomic E-state index is 9.21. The lowest BCUT2D eigenvalue weighted by molar-refractivity contribution is 0.485. The molecule has 0 saturated carbocycles. The molecular formula is C6H13O2P. The van der Waals surface area contributed by atoms with Crippen LogP contribution in [0.3, 0.4) is 0 Å². The summed E-state index contributed by atoms with van der Waals surface area (Å²) in [6.45, 7) is 7.48. The normalized spacial score (nSPS) is 7.33. The van der Waals surface area contributed by atoms with Crippen LogP contribution in [-0.4, -0.2) is 0 Å². The molecule has 0 radical (unpaired) electrons. The highest BCUT2D eigenvalue weighted by Gasteiger charge is 1.57. The molecule has 54 valence electrons. The Bertz CT molecular complexity index is 56.1. The predicted octanol–water partition coefficient (Wildman–Crippen LogP) is 3.16. The van der Waals surface area contributed by atoms with Crippen LogP contribution in [0.25, 0.3) is 0 Å². The molecule has 9 heavy (non-hydrogen) atoms. The maximum Gasteiger partial charge on any atom is 0.395 e. The summed E-state index contributed by atoms with van der Waals surface area (Å²) in [5.41, 5.74) is 0. The lowest BCUT2D eigenvalue weighted by Gasteiger charge is -1.68. The SMILES string of the molecule is C=COP=O.CCCC. The molecule has 0 unspecified atom stereocenters. The smallest absolute Gasteiger partial charge is 0.395 e. The second-order valence-corrected chi connectivity index (χ2v) is 1.71. The van der Waals surface area contributed by atoms with Crippen molar-refractivity contribution in [2.75, 3.05) is 0 Å².